The van der Waals surface area contributed by atoms with E-state index in [-0.39, 0.29) is 11.9 Å². The van der Waals surface area contributed by atoms with Gasteiger partial charge in [0.25, 0.3) is 5.91 Å². The van der Waals surface area contributed by atoms with Gasteiger partial charge in [-0.15, -0.1) is 11.3 Å². The molecule has 2 atom stereocenters. The number of nitrogens with one attached hydrogen (secondary N) is 1. The molecule has 1 N–H and O–H groups in total. The highest BCUT2D eigenvalue weighted by Gasteiger charge is 2.30. The number of pyridine rings is 1. The molecule has 4 nitrogen and oxygen atoms in total. The lowest BCUT2D eigenvalue weighted by Gasteiger charge is -2.19. The number of aryl methyl sites for hydroxylation is 1. The molecule has 0 radical (unpaired) electrons. The Labute approximate surface area is 128 Å². The molecular weight excluding hydrogens is 284 g/mol. The second-order valence-electron chi connectivity index (χ2n) is 5.37. The third-order valence-corrected chi connectivity index (χ3v) is 4.85. The van der Waals surface area contributed by atoms with E-state index >= 15 is 0 Å². The summed E-state index contributed by atoms with van der Waals surface area (Å²) < 4.78 is 5.56. The van der Waals surface area contributed by atoms with Crippen LogP contribution < -0.4 is 5.32 Å². The first kappa shape index (κ1) is 14.2. The Kier molecular flexibility index (Phi) is 4.31. The molecule has 1 aliphatic rings. The Hall–Kier alpha value is -1.72. The molecule has 0 bridgehead atoms. The zero-order chi connectivity index (χ0) is 14.7. The maximum atomic E-state index is 12.3. The van der Waals surface area contributed by atoms with E-state index in [2.05, 4.69) is 10.3 Å². The maximum Gasteiger partial charge on any atom is 0.261 e. The van der Waals surface area contributed by atoms with Crippen molar-refractivity contribution in [2.75, 3.05) is 13.2 Å². The fourth-order valence-electron chi connectivity index (χ4n) is 2.62. The molecule has 2 aromatic heterocycles. The van der Waals surface area contributed by atoms with Gasteiger partial charge in [0.05, 0.1) is 24.1 Å². The quantitative estimate of drug-likeness (QED) is 0.944. The van der Waals surface area contributed by atoms with Gasteiger partial charge in [-0.25, -0.2) is 0 Å². The molecule has 1 saturated heterocycles. The monoisotopic (exact) mass is 302 g/mol. The summed E-state index contributed by atoms with van der Waals surface area (Å²) in [6.45, 7) is 3.24. The van der Waals surface area contributed by atoms with E-state index in [4.69, 9.17) is 4.74 Å². The first-order valence-electron chi connectivity index (χ1n) is 7.05. The molecule has 1 amide bonds. The molecular formula is C16H18N2O2S. The molecule has 5 heteroatoms. The number of carbonyl (C=O) groups is 1. The summed E-state index contributed by atoms with van der Waals surface area (Å²) in [6.07, 6.45) is 4.50. The molecule has 3 heterocycles. The molecule has 2 aromatic rings. The van der Waals surface area contributed by atoms with E-state index in [0.717, 1.165) is 16.9 Å². The first-order valence-corrected chi connectivity index (χ1v) is 7.93. The van der Waals surface area contributed by atoms with Gasteiger partial charge < -0.3 is 10.1 Å². The third kappa shape index (κ3) is 3.31. The summed E-state index contributed by atoms with van der Waals surface area (Å²) >= 11 is 1.49. The summed E-state index contributed by atoms with van der Waals surface area (Å²) in [5.74, 6) is 0.328. The fraction of sp³-hybridized carbons (Fsp3) is 0.375. The van der Waals surface area contributed by atoms with Gasteiger partial charge in [-0.3, -0.25) is 9.78 Å². The summed E-state index contributed by atoms with van der Waals surface area (Å²) in [5.41, 5.74) is 2.26. The topological polar surface area (TPSA) is 51.2 Å². The number of hydrogen-bond donors (Lipinski definition) is 1. The van der Waals surface area contributed by atoms with E-state index in [0.29, 0.717) is 19.1 Å². The maximum absolute atomic E-state index is 12.3. The van der Waals surface area contributed by atoms with E-state index in [1.807, 2.05) is 30.5 Å². The molecule has 1 fully saturated rings. The van der Waals surface area contributed by atoms with E-state index < -0.39 is 0 Å². The average molecular weight is 302 g/mol. The zero-order valence-corrected chi connectivity index (χ0v) is 12.7. The lowest BCUT2D eigenvalue weighted by molar-refractivity contribution is 0.0928. The highest BCUT2D eigenvalue weighted by atomic mass is 32.1. The Bertz CT molecular complexity index is 612. The van der Waals surface area contributed by atoms with Crippen molar-refractivity contribution in [3.05, 3.63) is 52.0 Å². The standard InChI is InChI=1S/C16H18N2O2S/c1-11-4-7-21-15(11)16(19)18-14-10-20-9-13(14)8-12-2-5-17-6-3-12/h2-7,13-14H,8-10H2,1H3,(H,18,19)/t13-,14-/m1/s1. The van der Waals surface area contributed by atoms with Crippen LogP contribution in [0, 0.1) is 12.8 Å². The van der Waals surface area contributed by atoms with Crippen molar-refractivity contribution < 1.29 is 9.53 Å². The predicted octanol–water partition coefficient (Wildman–Crippen LogP) is 2.44. The average Bonchev–Trinajstić information content (AvgIpc) is 3.10. The molecule has 110 valence electrons. The Balaban J connectivity index is 1.64. The van der Waals surface area contributed by atoms with E-state index in [1.165, 1.54) is 16.9 Å². The molecule has 0 aliphatic carbocycles. The Morgan fingerprint density at radius 2 is 2.19 bits per heavy atom. The fourth-order valence-corrected chi connectivity index (χ4v) is 3.45. The van der Waals surface area contributed by atoms with Crippen LogP contribution in [0.4, 0.5) is 0 Å². The predicted molar refractivity (Wildman–Crippen MR) is 82.6 cm³/mol. The van der Waals surface area contributed by atoms with Crippen LogP contribution in [0.5, 0.6) is 0 Å². The van der Waals surface area contributed by atoms with Gasteiger partial charge in [-0.05, 0) is 48.1 Å². The lowest BCUT2D eigenvalue weighted by Crippen LogP contribution is -2.40. The molecule has 3 rings (SSSR count). The lowest BCUT2D eigenvalue weighted by atomic mass is 9.95. The summed E-state index contributed by atoms with van der Waals surface area (Å²) in [4.78, 5) is 17.1. The Morgan fingerprint density at radius 1 is 1.38 bits per heavy atom. The van der Waals surface area contributed by atoms with Crippen molar-refractivity contribution in [1.82, 2.24) is 10.3 Å². The Morgan fingerprint density at radius 3 is 2.90 bits per heavy atom. The summed E-state index contributed by atoms with van der Waals surface area (Å²) in [6, 6.07) is 6.08. The van der Waals surface area contributed by atoms with Gasteiger partial charge in [0, 0.05) is 18.3 Å². The minimum atomic E-state index is 0.0118. The number of thiophene rings is 1. The normalized spacial score (nSPS) is 21.4. The zero-order valence-electron chi connectivity index (χ0n) is 11.9. The number of ether oxygens (including phenoxy) is 1. The molecule has 21 heavy (non-hydrogen) atoms. The van der Waals surface area contributed by atoms with Crippen LogP contribution in [0.25, 0.3) is 0 Å². The number of hydrogen-bond acceptors (Lipinski definition) is 4. The highest BCUT2D eigenvalue weighted by Crippen LogP contribution is 2.21. The van der Waals surface area contributed by atoms with Gasteiger partial charge in [0.1, 0.15) is 0 Å². The van der Waals surface area contributed by atoms with Crippen LogP contribution >= 0.6 is 11.3 Å². The van der Waals surface area contributed by atoms with Crippen LogP contribution in [-0.4, -0.2) is 30.1 Å². The third-order valence-electron chi connectivity index (χ3n) is 3.83. The van der Waals surface area contributed by atoms with Gasteiger partial charge in [0.15, 0.2) is 0 Å². The number of carbonyl (C=O) groups excluding carboxylic acids is 1. The number of aromatic nitrogens is 1. The van der Waals surface area contributed by atoms with Crippen molar-refractivity contribution in [2.45, 2.75) is 19.4 Å². The highest BCUT2D eigenvalue weighted by molar-refractivity contribution is 7.12. The minimum Gasteiger partial charge on any atom is -0.379 e. The van der Waals surface area contributed by atoms with Crippen molar-refractivity contribution in [3.63, 3.8) is 0 Å². The smallest absolute Gasteiger partial charge is 0.261 e. The molecule has 0 aromatic carbocycles. The molecule has 0 spiro atoms. The molecule has 0 unspecified atom stereocenters. The number of amides is 1. The summed E-state index contributed by atoms with van der Waals surface area (Å²) in [7, 11) is 0. The van der Waals surface area contributed by atoms with Crippen LogP contribution in [0.1, 0.15) is 20.8 Å². The van der Waals surface area contributed by atoms with E-state index in [1.54, 1.807) is 12.4 Å². The number of rotatable bonds is 4. The molecule has 1 aliphatic heterocycles. The largest absolute Gasteiger partial charge is 0.379 e. The van der Waals surface area contributed by atoms with Crippen LogP contribution in [-0.2, 0) is 11.2 Å². The molecule has 0 saturated carbocycles. The second-order valence-corrected chi connectivity index (χ2v) is 6.29. The second kappa shape index (κ2) is 6.37. The van der Waals surface area contributed by atoms with Crippen LogP contribution in [0.15, 0.2) is 36.0 Å². The minimum absolute atomic E-state index is 0.0118. The van der Waals surface area contributed by atoms with Crippen molar-refractivity contribution in [3.8, 4) is 0 Å². The van der Waals surface area contributed by atoms with Gasteiger partial charge in [-0.2, -0.15) is 0 Å². The summed E-state index contributed by atoms with van der Waals surface area (Å²) in [5, 5.41) is 5.07. The van der Waals surface area contributed by atoms with Crippen molar-refractivity contribution >= 4 is 17.2 Å². The van der Waals surface area contributed by atoms with Crippen molar-refractivity contribution in [1.29, 1.82) is 0 Å². The van der Waals surface area contributed by atoms with Crippen LogP contribution in [0.3, 0.4) is 0 Å². The van der Waals surface area contributed by atoms with Crippen molar-refractivity contribution in [2.24, 2.45) is 5.92 Å². The SMILES string of the molecule is Cc1ccsc1C(=O)N[C@@H]1COC[C@H]1Cc1ccncc1. The van der Waals surface area contributed by atoms with Crippen LogP contribution in [0.2, 0.25) is 0 Å². The van der Waals surface area contributed by atoms with Gasteiger partial charge in [-0.1, -0.05) is 0 Å². The first-order chi connectivity index (χ1) is 10.2. The number of nitrogens with zero attached hydrogens (tertiary/aromatic N) is 1. The van der Waals surface area contributed by atoms with E-state index in [9.17, 15) is 4.79 Å². The van der Waals surface area contributed by atoms with Gasteiger partial charge in [0.2, 0.25) is 0 Å². The van der Waals surface area contributed by atoms with Gasteiger partial charge >= 0.3 is 0 Å².